The first-order valence-corrected chi connectivity index (χ1v) is 7.01. The van der Waals surface area contributed by atoms with Gasteiger partial charge in [-0.2, -0.15) is 0 Å². The van der Waals surface area contributed by atoms with Crippen molar-refractivity contribution in [3.8, 4) is 0 Å². The van der Waals surface area contributed by atoms with Crippen LogP contribution in [0.5, 0.6) is 0 Å². The third-order valence-corrected chi connectivity index (χ3v) is 3.49. The van der Waals surface area contributed by atoms with E-state index in [1.807, 2.05) is 0 Å². The van der Waals surface area contributed by atoms with Crippen LogP contribution < -0.4 is 11.1 Å². The number of aryl methyl sites for hydroxylation is 1. The second kappa shape index (κ2) is 6.91. The zero-order chi connectivity index (χ0) is 13.6. The normalized spacial score (nSPS) is 13.6. The Bertz CT molecular complexity index is 339. The minimum absolute atomic E-state index is 0.171. The van der Waals surface area contributed by atoms with Gasteiger partial charge in [0.05, 0.1) is 0 Å². The highest BCUT2D eigenvalue weighted by atomic mass is 14.9. The van der Waals surface area contributed by atoms with Crippen LogP contribution in [0.3, 0.4) is 0 Å². The van der Waals surface area contributed by atoms with Crippen LogP contribution in [0.4, 0.5) is 0 Å². The molecule has 0 aromatic heterocycles. The summed E-state index contributed by atoms with van der Waals surface area (Å²) in [5, 5.41) is 3.50. The van der Waals surface area contributed by atoms with Crippen LogP contribution in [0.1, 0.15) is 45.2 Å². The van der Waals surface area contributed by atoms with Crippen molar-refractivity contribution in [2.75, 3.05) is 13.1 Å². The zero-order valence-electron chi connectivity index (χ0n) is 12.3. The fourth-order valence-electron chi connectivity index (χ4n) is 2.02. The van der Waals surface area contributed by atoms with Crippen molar-refractivity contribution in [3.05, 3.63) is 35.4 Å². The molecule has 0 radical (unpaired) electrons. The van der Waals surface area contributed by atoms with E-state index >= 15 is 0 Å². The van der Waals surface area contributed by atoms with E-state index in [1.54, 1.807) is 0 Å². The van der Waals surface area contributed by atoms with Gasteiger partial charge in [-0.05, 0) is 37.4 Å². The lowest BCUT2D eigenvalue weighted by atomic mass is 9.84. The van der Waals surface area contributed by atoms with Crippen molar-refractivity contribution in [3.63, 3.8) is 0 Å². The van der Waals surface area contributed by atoms with Crippen molar-refractivity contribution in [1.82, 2.24) is 5.32 Å². The molecule has 1 rings (SSSR count). The van der Waals surface area contributed by atoms with E-state index in [9.17, 15) is 0 Å². The molecule has 2 nitrogen and oxygen atoms in total. The molecule has 1 aromatic carbocycles. The largest absolute Gasteiger partial charge is 0.328 e. The average Bonchev–Trinajstić information content (AvgIpc) is 2.34. The van der Waals surface area contributed by atoms with E-state index in [4.69, 9.17) is 5.73 Å². The number of benzene rings is 1. The standard InChI is InChI=1S/C16H28N2/c1-5-14-6-8-15(9-7-14)16(3,4)12-18-11-10-13(2)17/h6-9,13,18H,5,10-12,17H2,1-4H3. The highest BCUT2D eigenvalue weighted by molar-refractivity contribution is 5.28. The lowest BCUT2D eigenvalue weighted by Gasteiger charge is -2.26. The molecule has 0 spiro atoms. The number of nitrogens with one attached hydrogen (secondary N) is 1. The van der Waals surface area contributed by atoms with Gasteiger partial charge < -0.3 is 11.1 Å². The van der Waals surface area contributed by atoms with Crippen molar-refractivity contribution >= 4 is 0 Å². The van der Waals surface area contributed by atoms with E-state index in [-0.39, 0.29) is 11.5 Å². The van der Waals surface area contributed by atoms with Gasteiger partial charge in [-0.15, -0.1) is 0 Å². The molecule has 0 fully saturated rings. The summed E-state index contributed by atoms with van der Waals surface area (Å²) in [6.45, 7) is 10.8. The van der Waals surface area contributed by atoms with Gasteiger partial charge in [-0.1, -0.05) is 45.0 Å². The molecule has 0 aliphatic heterocycles. The van der Waals surface area contributed by atoms with Gasteiger partial charge in [-0.25, -0.2) is 0 Å². The van der Waals surface area contributed by atoms with E-state index in [2.05, 4.69) is 57.3 Å². The van der Waals surface area contributed by atoms with Gasteiger partial charge in [0.2, 0.25) is 0 Å². The van der Waals surface area contributed by atoms with Crippen LogP contribution >= 0.6 is 0 Å². The van der Waals surface area contributed by atoms with Gasteiger partial charge in [0.25, 0.3) is 0 Å². The lowest BCUT2D eigenvalue weighted by molar-refractivity contribution is 0.458. The second-order valence-corrected chi connectivity index (χ2v) is 5.88. The van der Waals surface area contributed by atoms with Crippen LogP contribution in [0.2, 0.25) is 0 Å². The summed E-state index contributed by atoms with van der Waals surface area (Å²) < 4.78 is 0. The van der Waals surface area contributed by atoms with E-state index in [1.165, 1.54) is 11.1 Å². The summed E-state index contributed by atoms with van der Waals surface area (Å²) in [5.41, 5.74) is 8.71. The maximum absolute atomic E-state index is 5.75. The Labute approximate surface area is 112 Å². The molecule has 18 heavy (non-hydrogen) atoms. The highest BCUT2D eigenvalue weighted by Crippen LogP contribution is 2.22. The van der Waals surface area contributed by atoms with Crippen molar-refractivity contribution in [2.24, 2.45) is 5.73 Å². The van der Waals surface area contributed by atoms with Crippen molar-refractivity contribution in [2.45, 2.75) is 52.0 Å². The van der Waals surface area contributed by atoms with E-state index in [0.717, 1.165) is 25.9 Å². The quantitative estimate of drug-likeness (QED) is 0.728. The summed E-state index contributed by atoms with van der Waals surface area (Å²) in [6, 6.07) is 9.26. The molecule has 0 aliphatic rings. The predicted molar refractivity (Wildman–Crippen MR) is 80.0 cm³/mol. The van der Waals surface area contributed by atoms with Crippen molar-refractivity contribution in [1.29, 1.82) is 0 Å². The SMILES string of the molecule is CCc1ccc(C(C)(C)CNCCC(C)N)cc1. The first kappa shape index (κ1) is 15.2. The Hall–Kier alpha value is -0.860. The molecule has 3 N–H and O–H groups in total. The molecule has 2 heteroatoms. The molecule has 1 aromatic rings. The smallest absolute Gasteiger partial charge is 0.00431 e. The van der Waals surface area contributed by atoms with Crippen molar-refractivity contribution < 1.29 is 0 Å². The highest BCUT2D eigenvalue weighted by Gasteiger charge is 2.19. The van der Waals surface area contributed by atoms with Crippen LogP contribution in [0, 0.1) is 0 Å². The van der Waals surface area contributed by atoms with Gasteiger partial charge in [0.15, 0.2) is 0 Å². The molecule has 0 bridgehead atoms. The first-order chi connectivity index (χ1) is 8.45. The minimum atomic E-state index is 0.171. The molecule has 0 heterocycles. The molecule has 1 unspecified atom stereocenters. The maximum atomic E-state index is 5.75. The first-order valence-electron chi connectivity index (χ1n) is 7.01. The zero-order valence-corrected chi connectivity index (χ0v) is 12.3. The summed E-state index contributed by atoms with van der Waals surface area (Å²) in [5.74, 6) is 0. The van der Waals surface area contributed by atoms with E-state index in [0.29, 0.717) is 0 Å². The Morgan fingerprint density at radius 2 is 1.83 bits per heavy atom. The van der Waals surface area contributed by atoms with Crippen LogP contribution in [0.15, 0.2) is 24.3 Å². The molecule has 102 valence electrons. The number of hydrogen-bond acceptors (Lipinski definition) is 2. The average molecular weight is 248 g/mol. The molecule has 0 saturated heterocycles. The molecular formula is C16H28N2. The molecule has 1 atom stereocenters. The number of rotatable bonds is 7. The molecule has 0 saturated carbocycles. The van der Waals surface area contributed by atoms with Gasteiger partial charge in [-0.3, -0.25) is 0 Å². The second-order valence-electron chi connectivity index (χ2n) is 5.88. The number of nitrogens with two attached hydrogens (primary N) is 1. The van der Waals surface area contributed by atoms with Gasteiger partial charge >= 0.3 is 0 Å². The van der Waals surface area contributed by atoms with Crippen LogP contribution in [-0.2, 0) is 11.8 Å². The molecule has 0 aliphatic carbocycles. The van der Waals surface area contributed by atoms with Crippen LogP contribution in [-0.4, -0.2) is 19.1 Å². The van der Waals surface area contributed by atoms with Gasteiger partial charge in [0, 0.05) is 18.0 Å². The fourth-order valence-corrected chi connectivity index (χ4v) is 2.02. The summed E-state index contributed by atoms with van der Waals surface area (Å²) in [7, 11) is 0. The summed E-state index contributed by atoms with van der Waals surface area (Å²) in [4.78, 5) is 0. The monoisotopic (exact) mass is 248 g/mol. The topological polar surface area (TPSA) is 38.0 Å². The fraction of sp³-hybridized carbons (Fsp3) is 0.625. The molecular weight excluding hydrogens is 220 g/mol. The third-order valence-electron chi connectivity index (χ3n) is 3.49. The molecule has 0 amide bonds. The van der Waals surface area contributed by atoms with E-state index < -0.39 is 0 Å². The maximum Gasteiger partial charge on any atom is 0.00431 e. The Kier molecular flexibility index (Phi) is 5.83. The minimum Gasteiger partial charge on any atom is -0.328 e. The Morgan fingerprint density at radius 1 is 1.22 bits per heavy atom. The lowest BCUT2D eigenvalue weighted by Crippen LogP contribution is -2.35. The summed E-state index contributed by atoms with van der Waals surface area (Å²) >= 11 is 0. The Morgan fingerprint density at radius 3 is 2.33 bits per heavy atom. The van der Waals surface area contributed by atoms with Crippen LogP contribution in [0.25, 0.3) is 0 Å². The summed E-state index contributed by atoms with van der Waals surface area (Å²) in [6.07, 6.45) is 2.14. The number of hydrogen-bond donors (Lipinski definition) is 2. The Balaban J connectivity index is 2.50. The predicted octanol–water partition coefficient (Wildman–Crippen LogP) is 2.85. The van der Waals surface area contributed by atoms with Gasteiger partial charge in [0.1, 0.15) is 0 Å². The third kappa shape index (κ3) is 4.79.